The van der Waals surface area contributed by atoms with E-state index < -0.39 is 334 Å². The van der Waals surface area contributed by atoms with E-state index in [-0.39, 0.29) is 6.42 Å². The summed E-state index contributed by atoms with van der Waals surface area (Å²) in [6.07, 6.45) is -66.9. The van der Waals surface area contributed by atoms with Gasteiger partial charge in [0.1, 0.15) is 183 Å². The van der Waals surface area contributed by atoms with Crippen molar-refractivity contribution in [3.05, 3.63) is 10.4 Å². The van der Waals surface area contributed by atoms with Gasteiger partial charge in [0.15, 0.2) is 75.2 Å². The first kappa shape index (κ1) is 102. The Labute approximate surface area is 659 Å². The monoisotopic (exact) mass is 1710 g/mol. The number of ether oxygens (including phenoxy) is 15. The minimum Gasteiger partial charge on any atom is -0.394 e. The lowest BCUT2D eigenvalue weighted by Gasteiger charge is -2.45. The molecular formula is C65H117F2N3O46. The molecule has 10 aliphatic heterocycles. The number of azide groups is 1. The second kappa shape index (κ2) is 46.9. The van der Waals surface area contributed by atoms with Gasteiger partial charge in [0.2, 0.25) is 0 Å². The number of aliphatic hydroxyl groups is 31. The quantitative estimate of drug-likeness (QED) is 0.0288. The molecule has 10 saturated heterocycles. The highest BCUT2D eigenvalue weighted by molar-refractivity contribution is 4.99. The molecule has 682 valence electrons. The Hall–Kier alpha value is -2.67. The van der Waals surface area contributed by atoms with Gasteiger partial charge in [-0.15, -0.1) is 0 Å². The molecule has 10 heterocycles. The number of hydrogen-bond donors (Lipinski definition) is 31. The van der Waals surface area contributed by atoms with E-state index in [0.717, 1.165) is 0 Å². The standard InChI is InChI=1S/2C13H23FO9.C13H23N3O9.C13H24O10.C13H24O9/c1-2-4-8(17)10(19)11(20)13(21-4)23-12-9(18)6(14)7(16)5(3-15)22-12;1-2-4-7(16)10(19)11(20)13(21-4)23-12-6(14)9(18)8(17)5(3-15)22-12;1-2-4-7(18)10(21)11(22)13(23-4)25-12-6(15-16-14)9(20)8(19)5(3-17)24-12;1-2-4-6(15)8(17)10(19)12(21-4)23-13-11(20)9(18)7(16)5(3-14)22-13;1-2-6-10(17)11(18)12(19)13(21-6)22-8-3-5(15)9(16)7(4-14)20-8/h2*4-13,15-20H,2-3H2,1H3;4-13,17-22H,2-3H2,1H3;4-20H,2-3H2,1H3;5-19H,2-4H2,1H3/t4?,5?,6-,7+,8+,9?,10?,11+,12+,13+;2*4?,5?,6?,7-,8-,9-,10?,11-,12-,13-;4?,5?,6-,7-,8?,9+,10-,11?,12-,13-;5-,6?,7?,8-,9+,10-,11?,12-,13-/m01111/s1. The molecule has 0 aromatic heterocycles. The lowest BCUT2D eigenvalue weighted by Crippen LogP contribution is -2.63. The van der Waals surface area contributed by atoms with E-state index in [1.165, 1.54) is 0 Å². The van der Waals surface area contributed by atoms with Crippen LogP contribution in [0, 0.1) is 0 Å². The van der Waals surface area contributed by atoms with Gasteiger partial charge in [-0.1, -0.05) is 39.7 Å². The number of aliphatic hydroxyl groups excluding tert-OH is 31. The van der Waals surface area contributed by atoms with Gasteiger partial charge in [-0.3, -0.25) is 0 Å². The minimum atomic E-state index is -2.16. The second-order valence-corrected chi connectivity index (χ2v) is 28.8. The molecule has 0 saturated carbocycles. The topological polar surface area (TPSA) is 814 Å². The molecule has 10 fully saturated rings. The van der Waals surface area contributed by atoms with Crippen molar-refractivity contribution in [2.24, 2.45) is 5.11 Å². The molecule has 0 amide bonds. The minimum absolute atomic E-state index is 0.0836. The number of hydrogen-bond acceptors (Lipinski definition) is 47. The van der Waals surface area contributed by atoms with Crippen LogP contribution in [0.15, 0.2) is 5.11 Å². The van der Waals surface area contributed by atoms with Gasteiger partial charge in [-0.25, -0.2) is 8.78 Å². The third kappa shape index (κ3) is 24.3. The Bertz CT molecular complexity index is 2560. The second-order valence-electron chi connectivity index (χ2n) is 28.8. The van der Waals surface area contributed by atoms with Gasteiger partial charge < -0.3 is 229 Å². The van der Waals surface area contributed by atoms with E-state index >= 15 is 0 Å². The summed E-state index contributed by atoms with van der Waals surface area (Å²) in [4.78, 5) is 2.55. The Kier molecular flexibility index (Phi) is 41.3. The molecule has 0 aliphatic carbocycles. The molecule has 0 aromatic rings. The summed E-state index contributed by atoms with van der Waals surface area (Å²) in [5, 5.41) is 303. The molecule has 0 aromatic carbocycles. The van der Waals surface area contributed by atoms with Crippen molar-refractivity contribution in [2.45, 2.75) is 374 Å². The van der Waals surface area contributed by atoms with E-state index in [0.29, 0.717) is 32.1 Å². The van der Waals surface area contributed by atoms with Crippen LogP contribution >= 0.6 is 0 Å². The lowest BCUT2D eigenvalue weighted by atomic mass is 9.96. The molecule has 49 nitrogen and oxygen atoms in total. The Balaban J connectivity index is 0.000000226. The maximum absolute atomic E-state index is 14.0. The lowest BCUT2D eigenvalue weighted by molar-refractivity contribution is -0.375. The Morgan fingerprint density at radius 2 is 0.491 bits per heavy atom. The molecule has 0 radical (unpaired) electrons. The van der Waals surface area contributed by atoms with Crippen LogP contribution in [0.25, 0.3) is 10.4 Å². The van der Waals surface area contributed by atoms with E-state index in [9.17, 15) is 147 Å². The van der Waals surface area contributed by atoms with Gasteiger partial charge in [0, 0.05) is 11.3 Å². The largest absolute Gasteiger partial charge is 0.394 e. The van der Waals surface area contributed by atoms with E-state index in [1.807, 2.05) is 0 Å². The summed E-state index contributed by atoms with van der Waals surface area (Å²) in [6.45, 7) is 5.31. The summed E-state index contributed by atoms with van der Waals surface area (Å²) >= 11 is 0. The highest BCUT2D eigenvalue weighted by Crippen LogP contribution is 2.37. The van der Waals surface area contributed by atoms with Crippen molar-refractivity contribution in [3.63, 3.8) is 0 Å². The average molecular weight is 1710 g/mol. The molecule has 31 N–H and O–H groups in total. The first-order valence-corrected chi connectivity index (χ1v) is 37.6. The zero-order valence-corrected chi connectivity index (χ0v) is 63.2. The van der Waals surface area contributed by atoms with E-state index in [4.69, 9.17) is 97.0 Å². The van der Waals surface area contributed by atoms with Gasteiger partial charge >= 0.3 is 0 Å². The molecule has 49 atom stereocenters. The predicted octanol–water partition coefficient (Wildman–Crippen LogP) is -15.6. The highest BCUT2D eigenvalue weighted by atomic mass is 19.1. The molecular weight excluding hydrogens is 1600 g/mol. The van der Waals surface area contributed by atoms with Crippen LogP contribution < -0.4 is 0 Å². The van der Waals surface area contributed by atoms with Crippen LogP contribution in [0.5, 0.6) is 0 Å². The van der Waals surface area contributed by atoms with Crippen molar-refractivity contribution < 1.29 is 238 Å². The zero-order valence-electron chi connectivity index (χ0n) is 63.2. The molecule has 116 heavy (non-hydrogen) atoms. The van der Waals surface area contributed by atoms with Crippen molar-refractivity contribution in [1.29, 1.82) is 0 Å². The average Bonchev–Trinajstić information content (AvgIpc) is 0.802. The van der Waals surface area contributed by atoms with Crippen molar-refractivity contribution >= 4 is 0 Å². The third-order valence-corrected chi connectivity index (χ3v) is 20.9. The van der Waals surface area contributed by atoms with Crippen LogP contribution in [-0.2, 0) is 71.1 Å². The smallest absolute Gasteiger partial charge is 0.195 e. The van der Waals surface area contributed by atoms with Crippen LogP contribution in [0.2, 0.25) is 0 Å². The number of halogens is 2. The summed E-state index contributed by atoms with van der Waals surface area (Å²) in [7, 11) is 0. The highest BCUT2D eigenvalue weighted by Gasteiger charge is 2.56. The number of alkyl halides is 2. The molecule has 0 bridgehead atoms. The van der Waals surface area contributed by atoms with Gasteiger partial charge in [-0.2, -0.15) is 0 Å². The summed E-state index contributed by atoms with van der Waals surface area (Å²) in [6, 6.07) is -1.39. The van der Waals surface area contributed by atoms with Crippen molar-refractivity contribution in [2.75, 3.05) is 33.0 Å². The Morgan fingerprint density at radius 1 is 0.259 bits per heavy atom. The van der Waals surface area contributed by atoms with E-state index in [1.54, 1.807) is 34.6 Å². The van der Waals surface area contributed by atoms with Crippen molar-refractivity contribution in [1.82, 2.24) is 0 Å². The molecule has 10 aliphatic rings. The van der Waals surface area contributed by atoms with Crippen molar-refractivity contribution in [3.8, 4) is 0 Å². The summed E-state index contributed by atoms with van der Waals surface area (Å²) in [5.41, 5.74) is 8.63. The Morgan fingerprint density at radius 3 is 0.802 bits per heavy atom. The molecule has 19 unspecified atom stereocenters. The first-order chi connectivity index (χ1) is 54.7. The SMILES string of the molecule is CCC1O[C@H](O[C@@H]2C[C@@H](O)[C@H](O)C(CO)O2)[C@H](O)C(O)[C@@H]1O.CCC1O[C@H](O[C@H]2OC(CO)[C@@H](O)[C@H](F)C2O)[C@H](O)C(O)[C@@H]1O.CCC1O[C@H](O[C@H]2OC(CO)[C@@H](O)[C@H](O)C2F)[C@H](O)C(O)[C@@H]1O.CCC1O[C@H](O[C@H]2OC(CO)[C@@H](O)[C@H](O)C2N=[N+]=[N-])[C@H](O)C(O)[C@@H]1O.CCC1O[C@H](O[C@H]2OC(CO)[C@@H](O)[C@H](O)C2O)[C@H](O)C(O)[C@@H]1O. The fraction of sp³-hybridized carbons (Fsp3) is 1.00. The van der Waals surface area contributed by atoms with E-state index in [2.05, 4.69) is 10.0 Å². The zero-order chi connectivity index (χ0) is 87.1. The van der Waals surface area contributed by atoms with Gasteiger partial charge in [0.05, 0.1) is 75.8 Å². The van der Waals surface area contributed by atoms with Crippen LogP contribution in [-0.4, -0.2) is 492 Å². The van der Waals surface area contributed by atoms with Crippen LogP contribution in [0.4, 0.5) is 8.78 Å². The molecule has 10 rings (SSSR count). The third-order valence-electron chi connectivity index (χ3n) is 20.9. The maximum Gasteiger partial charge on any atom is 0.195 e. The van der Waals surface area contributed by atoms with Crippen LogP contribution in [0.3, 0.4) is 0 Å². The molecule has 0 spiro atoms. The van der Waals surface area contributed by atoms with Gasteiger partial charge in [0.25, 0.3) is 0 Å². The predicted molar refractivity (Wildman–Crippen MR) is 362 cm³/mol. The maximum atomic E-state index is 14.0. The molecule has 51 heteroatoms. The number of rotatable bonds is 21. The first-order valence-electron chi connectivity index (χ1n) is 37.6. The van der Waals surface area contributed by atoms with Crippen LogP contribution in [0.1, 0.15) is 73.1 Å². The fourth-order valence-electron chi connectivity index (χ4n) is 13.5. The normalized spacial score (nSPS) is 50.6. The van der Waals surface area contributed by atoms with Gasteiger partial charge in [-0.05, 0) is 37.6 Å². The fourth-order valence-corrected chi connectivity index (χ4v) is 13.5. The number of nitrogens with zero attached hydrogens (tertiary/aromatic N) is 3. The summed E-state index contributed by atoms with van der Waals surface area (Å²) < 4.78 is 107. The summed E-state index contributed by atoms with van der Waals surface area (Å²) in [5.74, 6) is 0.